The summed E-state index contributed by atoms with van der Waals surface area (Å²) in [5, 5.41) is 4.42. The summed E-state index contributed by atoms with van der Waals surface area (Å²) < 4.78 is 18.8. The lowest BCUT2D eigenvalue weighted by molar-refractivity contribution is -0.129. The van der Waals surface area contributed by atoms with Gasteiger partial charge in [0.05, 0.1) is 0 Å². The molecule has 0 N–H and O–H groups in total. The minimum atomic E-state index is -0.409. The highest BCUT2D eigenvalue weighted by molar-refractivity contribution is 6.31. The van der Waals surface area contributed by atoms with Crippen LogP contribution in [0, 0.1) is 19.7 Å². The number of hydrogen-bond donors (Lipinski definition) is 0. The first-order chi connectivity index (χ1) is 13.4. The van der Waals surface area contributed by atoms with Gasteiger partial charge in [-0.15, -0.1) is 0 Å². The van der Waals surface area contributed by atoms with Crippen LogP contribution in [0.1, 0.15) is 41.5 Å². The predicted octanol–water partition coefficient (Wildman–Crippen LogP) is 5.01. The first-order valence-corrected chi connectivity index (χ1v) is 9.45. The third-order valence-electron chi connectivity index (χ3n) is 5.04. The molecule has 0 saturated carbocycles. The highest BCUT2D eigenvalue weighted by Crippen LogP contribution is 2.35. The molecule has 1 unspecified atom stereocenters. The lowest BCUT2D eigenvalue weighted by atomic mass is 10.1. The number of nitrogens with zero attached hydrogens (tertiary/aromatic N) is 3. The number of likely N-dealkylation sites (tertiary alicyclic amines) is 1. The molecule has 0 aliphatic carbocycles. The van der Waals surface area contributed by atoms with Gasteiger partial charge in [-0.05, 0) is 49.6 Å². The van der Waals surface area contributed by atoms with Crippen LogP contribution in [0.3, 0.4) is 0 Å². The van der Waals surface area contributed by atoms with E-state index in [-0.39, 0.29) is 18.5 Å². The number of carbonyl (C=O) groups is 1. The number of halogens is 2. The van der Waals surface area contributed by atoms with Gasteiger partial charge in [-0.3, -0.25) is 4.79 Å². The normalized spacial score (nSPS) is 16.8. The van der Waals surface area contributed by atoms with Crippen molar-refractivity contribution < 1.29 is 13.7 Å². The molecule has 4 rings (SSSR count). The zero-order valence-electron chi connectivity index (χ0n) is 15.6. The van der Waals surface area contributed by atoms with Crippen molar-refractivity contribution in [1.82, 2.24) is 15.0 Å². The maximum Gasteiger partial charge on any atom is 0.249 e. The number of aryl methyl sites for hydroxylation is 2. The second kappa shape index (κ2) is 7.36. The van der Waals surface area contributed by atoms with Crippen molar-refractivity contribution in [2.75, 3.05) is 0 Å². The van der Waals surface area contributed by atoms with Crippen molar-refractivity contribution in [1.29, 1.82) is 0 Å². The molecule has 28 heavy (non-hydrogen) atoms. The maximum atomic E-state index is 13.3. The number of carbonyl (C=O) groups excluding carboxylic acids is 1. The van der Waals surface area contributed by atoms with Crippen LogP contribution in [0.25, 0.3) is 11.4 Å². The molecular formula is C21H19ClFN3O2. The third-order valence-corrected chi connectivity index (χ3v) is 5.40. The molecule has 5 nitrogen and oxygen atoms in total. The molecule has 1 atom stereocenters. The van der Waals surface area contributed by atoms with Gasteiger partial charge in [0.1, 0.15) is 11.9 Å². The summed E-state index contributed by atoms with van der Waals surface area (Å²) in [4.78, 5) is 18.7. The molecule has 144 valence electrons. The smallest absolute Gasteiger partial charge is 0.249 e. The Balaban J connectivity index is 1.62. The van der Waals surface area contributed by atoms with Gasteiger partial charge in [-0.25, -0.2) is 4.39 Å². The Morgan fingerprint density at radius 1 is 1.25 bits per heavy atom. The standard InChI is InChI=1S/C21H19ClFN3O2/c1-12-3-4-13(2)16(9-12)20-24-21(28-25-20)18-7-8-19(27)26(18)11-14-5-6-15(23)10-17(14)22/h3-6,9-10,18H,7-8,11H2,1-2H3. The van der Waals surface area contributed by atoms with Gasteiger partial charge < -0.3 is 9.42 Å². The molecule has 2 aromatic carbocycles. The van der Waals surface area contributed by atoms with E-state index in [1.54, 1.807) is 11.0 Å². The van der Waals surface area contributed by atoms with Crippen LogP contribution >= 0.6 is 11.6 Å². The number of aromatic nitrogens is 2. The highest BCUT2D eigenvalue weighted by atomic mass is 35.5. The Hall–Kier alpha value is -2.73. The van der Waals surface area contributed by atoms with Gasteiger partial charge in [0.15, 0.2) is 0 Å². The summed E-state index contributed by atoms with van der Waals surface area (Å²) in [6, 6.07) is 9.92. The van der Waals surface area contributed by atoms with Crippen LogP contribution in [-0.4, -0.2) is 20.9 Å². The largest absolute Gasteiger partial charge is 0.337 e. The van der Waals surface area contributed by atoms with Gasteiger partial charge in [0, 0.05) is 23.6 Å². The van der Waals surface area contributed by atoms with Crippen LogP contribution < -0.4 is 0 Å². The first-order valence-electron chi connectivity index (χ1n) is 9.07. The Bertz CT molecular complexity index is 1050. The molecule has 3 aromatic rings. The van der Waals surface area contributed by atoms with E-state index in [2.05, 4.69) is 10.1 Å². The summed E-state index contributed by atoms with van der Waals surface area (Å²) in [7, 11) is 0. The van der Waals surface area contributed by atoms with Gasteiger partial charge in [-0.2, -0.15) is 4.98 Å². The summed E-state index contributed by atoms with van der Waals surface area (Å²) in [6.45, 7) is 4.27. The second-order valence-electron chi connectivity index (χ2n) is 7.09. The topological polar surface area (TPSA) is 59.2 Å². The number of amides is 1. The van der Waals surface area contributed by atoms with Crippen LogP contribution in [0.4, 0.5) is 4.39 Å². The minimum absolute atomic E-state index is 0.0168. The fourth-order valence-electron chi connectivity index (χ4n) is 3.48. The van der Waals surface area contributed by atoms with Crippen molar-refractivity contribution in [2.45, 2.75) is 39.3 Å². The minimum Gasteiger partial charge on any atom is -0.337 e. The van der Waals surface area contributed by atoms with Gasteiger partial charge in [-0.1, -0.05) is 40.5 Å². The third kappa shape index (κ3) is 3.52. The van der Waals surface area contributed by atoms with Crippen LogP contribution in [-0.2, 0) is 11.3 Å². The van der Waals surface area contributed by atoms with E-state index in [9.17, 15) is 9.18 Å². The zero-order valence-corrected chi connectivity index (χ0v) is 16.3. The number of rotatable bonds is 4. The Labute approximate surface area is 167 Å². The molecule has 0 radical (unpaired) electrons. The van der Waals surface area contributed by atoms with Gasteiger partial charge in [0.25, 0.3) is 0 Å². The van der Waals surface area contributed by atoms with E-state index < -0.39 is 5.82 Å². The van der Waals surface area contributed by atoms with E-state index in [0.717, 1.165) is 16.7 Å². The summed E-state index contributed by atoms with van der Waals surface area (Å²) in [6.07, 6.45) is 0.983. The van der Waals surface area contributed by atoms with Crippen LogP contribution in [0.15, 0.2) is 40.9 Å². The Kier molecular flexibility index (Phi) is 4.89. The molecule has 7 heteroatoms. The van der Waals surface area contributed by atoms with E-state index in [1.165, 1.54) is 12.1 Å². The lowest BCUT2D eigenvalue weighted by Crippen LogP contribution is -2.27. The van der Waals surface area contributed by atoms with E-state index in [4.69, 9.17) is 16.1 Å². The quantitative estimate of drug-likeness (QED) is 0.618. The van der Waals surface area contributed by atoms with Crippen molar-refractivity contribution in [3.63, 3.8) is 0 Å². The Morgan fingerprint density at radius 3 is 2.86 bits per heavy atom. The van der Waals surface area contributed by atoms with Crippen LogP contribution in [0.5, 0.6) is 0 Å². The molecule has 0 bridgehead atoms. The van der Waals surface area contributed by atoms with Crippen molar-refractivity contribution in [2.24, 2.45) is 0 Å². The average Bonchev–Trinajstić information content (AvgIpc) is 3.27. The molecule has 0 spiro atoms. The number of hydrogen-bond acceptors (Lipinski definition) is 4. The van der Waals surface area contributed by atoms with Crippen LogP contribution in [0.2, 0.25) is 5.02 Å². The second-order valence-corrected chi connectivity index (χ2v) is 7.49. The predicted molar refractivity (Wildman–Crippen MR) is 103 cm³/mol. The summed E-state index contributed by atoms with van der Waals surface area (Å²) >= 11 is 6.14. The Morgan fingerprint density at radius 2 is 2.07 bits per heavy atom. The maximum absolute atomic E-state index is 13.3. The zero-order chi connectivity index (χ0) is 19.8. The fourth-order valence-corrected chi connectivity index (χ4v) is 3.71. The van der Waals surface area contributed by atoms with Crippen molar-refractivity contribution in [3.05, 3.63) is 69.8 Å². The molecule has 1 aliphatic heterocycles. The molecule has 1 saturated heterocycles. The van der Waals surface area contributed by atoms with Gasteiger partial charge >= 0.3 is 0 Å². The molecule has 1 fully saturated rings. The van der Waals surface area contributed by atoms with E-state index in [1.807, 2.05) is 32.0 Å². The molecule has 1 aliphatic rings. The molecule has 2 heterocycles. The molecule has 1 amide bonds. The monoisotopic (exact) mass is 399 g/mol. The van der Waals surface area contributed by atoms with Crippen molar-refractivity contribution >= 4 is 17.5 Å². The van der Waals surface area contributed by atoms with E-state index >= 15 is 0 Å². The fraction of sp³-hybridized carbons (Fsp3) is 0.286. The van der Waals surface area contributed by atoms with Gasteiger partial charge in [0.2, 0.25) is 17.6 Å². The number of benzene rings is 2. The molecule has 1 aromatic heterocycles. The molecular weight excluding hydrogens is 381 g/mol. The van der Waals surface area contributed by atoms with E-state index in [0.29, 0.717) is 35.1 Å². The highest BCUT2D eigenvalue weighted by Gasteiger charge is 2.36. The summed E-state index contributed by atoms with van der Waals surface area (Å²) in [5.41, 5.74) is 3.75. The average molecular weight is 400 g/mol. The lowest BCUT2D eigenvalue weighted by Gasteiger charge is -2.22. The SMILES string of the molecule is Cc1ccc(C)c(-c2noc(C3CCC(=O)N3Cc3ccc(F)cc3Cl)n2)c1. The first kappa shape index (κ1) is 18.6. The van der Waals surface area contributed by atoms with Crippen molar-refractivity contribution in [3.8, 4) is 11.4 Å². The summed E-state index contributed by atoms with van der Waals surface area (Å²) in [5.74, 6) is 0.486.